The van der Waals surface area contributed by atoms with Gasteiger partial charge in [0.2, 0.25) is 5.91 Å². The molecular weight excluding hydrogens is 392 g/mol. The molecule has 0 aliphatic carbocycles. The van der Waals surface area contributed by atoms with E-state index in [1.807, 2.05) is 32.0 Å². The van der Waals surface area contributed by atoms with Crippen LogP contribution in [0.1, 0.15) is 50.1 Å². The third-order valence-electron chi connectivity index (χ3n) is 4.23. The lowest BCUT2D eigenvalue weighted by Crippen LogP contribution is -2.18. The van der Waals surface area contributed by atoms with Gasteiger partial charge in [-0.15, -0.1) is 11.3 Å². The molecule has 1 aromatic heterocycles. The van der Waals surface area contributed by atoms with Crippen LogP contribution in [0.15, 0.2) is 18.2 Å². The zero-order valence-electron chi connectivity index (χ0n) is 17.3. The van der Waals surface area contributed by atoms with Crippen LogP contribution in [0.25, 0.3) is 0 Å². The summed E-state index contributed by atoms with van der Waals surface area (Å²) in [5, 5.41) is 5.56. The summed E-state index contributed by atoms with van der Waals surface area (Å²) in [4.78, 5) is 37.2. The molecule has 1 aromatic carbocycles. The van der Waals surface area contributed by atoms with Crippen molar-refractivity contribution in [2.75, 3.05) is 25.6 Å². The van der Waals surface area contributed by atoms with Crippen molar-refractivity contribution in [3.8, 4) is 5.75 Å². The van der Waals surface area contributed by atoms with Gasteiger partial charge in [-0.1, -0.05) is 17.7 Å². The number of aryl methyl sites for hydroxylation is 2. The normalized spacial score (nSPS) is 10.4. The molecule has 156 valence electrons. The first kappa shape index (κ1) is 22.4. The number of carbonyl (C=O) groups excluding carboxylic acids is 3. The molecule has 0 bridgehead atoms. The summed E-state index contributed by atoms with van der Waals surface area (Å²) < 4.78 is 10.8. The van der Waals surface area contributed by atoms with Gasteiger partial charge in [0.05, 0.1) is 30.1 Å². The quantitative estimate of drug-likeness (QED) is 0.639. The smallest absolute Gasteiger partial charge is 0.341 e. The molecule has 0 fully saturated rings. The van der Waals surface area contributed by atoms with Gasteiger partial charge in [-0.05, 0) is 44.9 Å². The van der Waals surface area contributed by atoms with Crippen molar-refractivity contribution >= 4 is 34.1 Å². The van der Waals surface area contributed by atoms with Gasteiger partial charge in [0, 0.05) is 7.05 Å². The molecule has 0 spiro atoms. The van der Waals surface area contributed by atoms with Crippen LogP contribution < -0.4 is 15.4 Å². The fourth-order valence-corrected chi connectivity index (χ4v) is 3.94. The summed E-state index contributed by atoms with van der Waals surface area (Å²) in [6.07, 6.45) is 0.0990. The van der Waals surface area contributed by atoms with E-state index in [0.29, 0.717) is 15.4 Å². The summed E-state index contributed by atoms with van der Waals surface area (Å²) in [6.45, 7) is 7.69. The average Bonchev–Trinajstić information content (AvgIpc) is 2.99. The molecule has 1 heterocycles. The van der Waals surface area contributed by atoms with Gasteiger partial charge >= 0.3 is 5.97 Å². The zero-order valence-corrected chi connectivity index (χ0v) is 18.1. The van der Waals surface area contributed by atoms with Gasteiger partial charge in [0.15, 0.2) is 0 Å². The van der Waals surface area contributed by atoms with Gasteiger partial charge < -0.3 is 20.1 Å². The van der Waals surface area contributed by atoms with Gasteiger partial charge in [-0.25, -0.2) is 4.79 Å². The lowest BCUT2D eigenvalue weighted by Gasteiger charge is -2.10. The Morgan fingerprint density at radius 1 is 1.14 bits per heavy atom. The fourth-order valence-electron chi connectivity index (χ4n) is 2.78. The van der Waals surface area contributed by atoms with Crippen LogP contribution >= 0.6 is 11.3 Å². The van der Waals surface area contributed by atoms with E-state index in [1.165, 1.54) is 7.05 Å². The zero-order chi connectivity index (χ0) is 21.6. The van der Waals surface area contributed by atoms with E-state index in [2.05, 4.69) is 10.6 Å². The maximum absolute atomic E-state index is 12.4. The highest BCUT2D eigenvalue weighted by atomic mass is 32.1. The Balaban J connectivity index is 2.09. The Bertz CT molecular complexity index is 920. The molecule has 2 N–H and O–H groups in total. The van der Waals surface area contributed by atoms with Crippen LogP contribution in [0.2, 0.25) is 0 Å². The van der Waals surface area contributed by atoms with Crippen molar-refractivity contribution in [2.45, 2.75) is 34.1 Å². The molecule has 2 rings (SSSR count). The van der Waals surface area contributed by atoms with Crippen molar-refractivity contribution in [1.82, 2.24) is 5.32 Å². The van der Waals surface area contributed by atoms with Crippen molar-refractivity contribution in [1.29, 1.82) is 0 Å². The topological polar surface area (TPSA) is 93.7 Å². The van der Waals surface area contributed by atoms with E-state index in [9.17, 15) is 14.4 Å². The van der Waals surface area contributed by atoms with Crippen molar-refractivity contribution < 1.29 is 23.9 Å². The number of ether oxygens (including phenoxy) is 2. The van der Waals surface area contributed by atoms with Gasteiger partial charge in [-0.2, -0.15) is 0 Å². The lowest BCUT2D eigenvalue weighted by atomic mass is 10.1. The molecule has 0 unspecified atom stereocenters. The molecular formula is C21H26N2O5S. The van der Waals surface area contributed by atoms with E-state index in [-0.39, 0.29) is 37.0 Å². The average molecular weight is 419 g/mol. The van der Waals surface area contributed by atoms with Crippen LogP contribution in [-0.2, 0) is 9.53 Å². The number of rotatable bonds is 8. The van der Waals surface area contributed by atoms with E-state index in [4.69, 9.17) is 9.47 Å². The lowest BCUT2D eigenvalue weighted by molar-refractivity contribution is -0.116. The monoisotopic (exact) mass is 418 g/mol. The minimum Gasteiger partial charge on any atom is -0.493 e. The number of anilines is 1. The number of carbonyl (C=O) groups is 3. The predicted molar refractivity (Wildman–Crippen MR) is 113 cm³/mol. The second-order valence-electron chi connectivity index (χ2n) is 6.48. The molecule has 0 aliphatic rings. The van der Waals surface area contributed by atoms with Crippen LogP contribution in [0.3, 0.4) is 0 Å². The highest BCUT2D eigenvalue weighted by Crippen LogP contribution is 2.34. The standard InChI is InChI=1S/C21H26N2O5S/c1-6-27-21(26)17-14(4)18(19(25)22-5)29-20(17)23-16(24)9-10-28-15-8-7-12(2)11-13(15)3/h7-8,11H,6,9-10H2,1-5H3,(H,22,25)(H,23,24). The van der Waals surface area contributed by atoms with Crippen molar-refractivity contribution in [3.63, 3.8) is 0 Å². The molecule has 29 heavy (non-hydrogen) atoms. The third kappa shape index (κ3) is 5.57. The van der Waals surface area contributed by atoms with Gasteiger partial charge in [0.25, 0.3) is 5.91 Å². The minimum absolute atomic E-state index is 0.0990. The molecule has 0 saturated carbocycles. The van der Waals surface area contributed by atoms with E-state index >= 15 is 0 Å². The van der Waals surface area contributed by atoms with Crippen LogP contribution in [-0.4, -0.2) is 38.0 Å². The molecule has 0 atom stereocenters. The Morgan fingerprint density at radius 3 is 2.48 bits per heavy atom. The molecule has 7 nitrogen and oxygen atoms in total. The first-order valence-electron chi connectivity index (χ1n) is 9.30. The van der Waals surface area contributed by atoms with Crippen LogP contribution in [0.4, 0.5) is 5.00 Å². The Labute approximate surface area is 174 Å². The molecule has 0 radical (unpaired) electrons. The summed E-state index contributed by atoms with van der Waals surface area (Å²) in [5.41, 5.74) is 2.83. The highest BCUT2D eigenvalue weighted by molar-refractivity contribution is 7.18. The summed E-state index contributed by atoms with van der Waals surface area (Å²) in [7, 11) is 1.51. The number of hydrogen-bond donors (Lipinski definition) is 2. The molecule has 0 saturated heterocycles. The summed E-state index contributed by atoms with van der Waals surface area (Å²) in [5.74, 6) is -0.482. The first-order chi connectivity index (χ1) is 13.8. The molecule has 0 aliphatic heterocycles. The van der Waals surface area contributed by atoms with Crippen LogP contribution in [0.5, 0.6) is 5.75 Å². The second kappa shape index (κ2) is 10.1. The minimum atomic E-state index is -0.571. The van der Waals surface area contributed by atoms with E-state index < -0.39 is 5.97 Å². The first-order valence-corrected chi connectivity index (χ1v) is 10.1. The predicted octanol–water partition coefficient (Wildman–Crippen LogP) is 3.62. The van der Waals surface area contributed by atoms with Gasteiger partial charge in [-0.3, -0.25) is 9.59 Å². The summed E-state index contributed by atoms with van der Waals surface area (Å²) >= 11 is 1.05. The maximum Gasteiger partial charge on any atom is 0.341 e. The highest BCUT2D eigenvalue weighted by Gasteiger charge is 2.26. The number of amides is 2. The fraction of sp³-hybridized carbons (Fsp3) is 0.381. The van der Waals surface area contributed by atoms with E-state index in [1.54, 1.807) is 13.8 Å². The van der Waals surface area contributed by atoms with Crippen LogP contribution in [0, 0.1) is 20.8 Å². The Kier molecular flexibility index (Phi) is 7.78. The Morgan fingerprint density at radius 2 is 1.86 bits per heavy atom. The number of benzene rings is 1. The summed E-state index contributed by atoms with van der Waals surface area (Å²) in [6, 6.07) is 5.83. The number of hydrogen-bond acceptors (Lipinski definition) is 6. The second-order valence-corrected chi connectivity index (χ2v) is 7.50. The largest absolute Gasteiger partial charge is 0.493 e. The Hall–Kier alpha value is -2.87. The number of thiophene rings is 1. The molecule has 2 amide bonds. The van der Waals surface area contributed by atoms with Crippen molar-refractivity contribution in [2.24, 2.45) is 0 Å². The third-order valence-corrected chi connectivity index (χ3v) is 5.44. The SMILES string of the molecule is CCOC(=O)c1c(NC(=O)CCOc2ccc(C)cc2C)sc(C(=O)NC)c1C. The van der Waals surface area contributed by atoms with E-state index in [0.717, 1.165) is 28.2 Å². The number of nitrogens with one attached hydrogen (secondary N) is 2. The van der Waals surface area contributed by atoms with Gasteiger partial charge in [0.1, 0.15) is 10.8 Å². The maximum atomic E-state index is 12.4. The molecule has 8 heteroatoms. The number of esters is 1. The van der Waals surface area contributed by atoms with Crippen molar-refractivity contribution in [3.05, 3.63) is 45.3 Å². The molecule has 2 aromatic rings.